The van der Waals surface area contributed by atoms with E-state index in [1.54, 1.807) is 49.6 Å². The van der Waals surface area contributed by atoms with E-state index in [1.807, 2.05) is 12.1 Å². The summed E-state index contributed by atoms with van der Waals surface area (Å²) in [6.45, 7) is 0.0386. The molecule has 2 heterocycles. The SMILES string of the molecule is COc1ccc(-c2cc(OC(=O)CCN3C(=O)C(=Cc4ccc(F)cc4)SC3=S)cc3sc(=O)oc23)cc1. The molecule has 0 N–H and O–H groups in total. The van der Waals surface area contributed by atoms with Crippen LogP contribution in [0.4, 0.5) is 4.39 Å². The van der Waals surface area contributed by atoms with E-state index in [4.69, 9.17) is 26.1 Å². The fraction of sp³-hybridized carbons (Fsp3) is 0.111. The maximum absolute atomic E-state index is 13.2. The molecule has 0 bridgehead atoms. The zero-order valence-corrected chi connectivity index (χ0v) is 22.2. The van der Waals surface area contributed by atoms with Gasteiger partial charge in [0.2, 0.25) is 0 Å². The average molecular weight is 568 g/mol. The Hall–Kier alpha value is -3.80. The molecule has 3 aromatic carbocycles. The minimum atomic E-state index is -0.572. The third-order valence-electron chi connectivity index (χ3n) is 5.62. The highest BCUT2D eigenvalue weighted by Crippen LogP contribution is 2.36. The number of nitrogens with zero attached hydrogens (tertiary/aromatic N) is 1. The van der Waals surface area contributed by atoms with Crippen molar-refractivity contribution < 1.29 is 27.9 Å². The third-order valence-corrected chi connectivity index (χ3v) is 7.77. The minimum absolute atomic E-state index is 0.0386. The molecule has 1 aromatic heterocycles. The second kappa shape index (κ2) is 10.9. The topological polar surface area (TPSA) is 86.0 Å². The number of benzene rings is 3. The quantitative estimate of drug-likeness (QED) is 0.119. The van der Waals surface area contributed by atoms with Crippen LogP contribution in [0.25, 0.3) is 27.5 Å². The van der Waals surface area contributed by atoms with E-state index < -0.39 is 10.9 Å². The standard InChI is InChI=1S/C27H18FNO6S3/c1-33-18-8-4-16(5-9-18)20-13-19(14-21-24(20)35-27(32)38-21)34-23(30)10-11-29-25(31)22(37-26(29)36)12-15-2-6-17(28)7-3-15/h2-9,12-14H,10-11H2,1H3. The normalized spacial score (nSPS) is 14.5. The van der Waals surface area contributed by atoms with E-state index in [0.29, 0.717) is 36.4 Å². The number of carbonyl (C=O) groups is 2. The molecule has 1 fully saturated rings. The number of amides is 1. The lowest BCUT2D eigenvalue weighted by Gasteiger charge is -2.14. The number of halogens is 1. The number of thiocarbonyl (C=S) groups is 1. The van der Waals surface area contributed by atoms with Gasteiger partial charge in [-0.25, -0.2) is 9.18 Å². The number of methoxy groups -OCH3 is 1. The molecule has 0 spiro atoms. The summed E-state index contributed by atoms with van der Waals surface area (Å²) in [5, 5.41) is 0. The second-order valence-corrected chi connectivity index (χ2v) is 10.7. The lowest BCUT2D eigenvalue weighted by Crippen LogP contribution is -2.31. The third kappa shape index (κ3) is 5.54. The van der Waals surface area contributed by atoms with Crippen molar-refractivity contribution >= 4 is 67.9 Å². The van der Waals surface area contributed by atoms with Gasteiger partial charge < -0.3 is 13.9 Å². The molecular weight excluding hydrogens is 549 g/mol. The molecule has 0 aliphatic carbocycles. The van der Waals surface area contributed by atoms with Gasteiger partial charge >= 0.3 is 10.9 Å². The van der Waals surface area contributed by atoms with Crippen LogP contribution in [0, 0.1) is 5.82 Å². The molecule has 0 unspecified atom stereocenters. The molecule has 1 amide bonds. The summed E-state index contributed by atoms with van der Waals surface area (Å²) in [5.41, 5.74) is 2.40. The monoisotopic (exact) mass is 567 g/mol. The van der Waals surface area contributed by atoms with Crippen molar-refractivity contribution in [3.05, 3.63) is 86.7 Å². The number of rotatable bonds is 7. The van der Waals surface area contributed by atoms with E-state index in [2.05, 4.69) is 0 Å². The van der Waals surface area contributed by atoms with Crippen molar-refractivity contribution in [3.63, 3.8) is 0 Å². The van der Waals surface area contributed by atoms with Crippen LogP contribution < -0.4 is 14.4 Å². The Morgan fingerprint density at radius 1 is 1.08 bits per heavy atom. The Balaban J connectivity index is 1.30. The molecule has 0 saturated carbocycles. The molecule has 7 nitrogen and oxygen atoms in total. The molecule has 0 radical (unpaired) electrons. The first-order chi connectivity index (χ1) is 18.3. The lowest BCUT2D eigenvalue weighted by molar-refractivity contribution is -0.134. The van der Waals surface area contributed by atoms with Crippen LogP contribution in [0.1, 0.15) is 12.0 Å². The summed E-state index contributed by atoms with van der Waals surface area (Å²) >= 11 is 7.35. The highest BCUT2D eigenvalue weighted by molar-refractivity contribution is 8.26. The molecule has 1 saturated heterocycles. The van der Waals surface area contributed by atoms with Crippen molar-refractivity contribution in [2.75, 3.05) is 13.7 Å². The van der Waals surface area contributed by atoms with Gasteiger partial charge in [-0.15, -0.1) is 0 Å². The molecular formula is C27H18FNO6S3. The van der Waals surface area contributed by atoms with Crippen molar-refractivity contribution in [3.8, 4) is 22.6 Å². The van der Waals surface area contributed by atoms with Crippen LogP contribution >= 0.6 is 35.3 Å². The molecule has 11 heteroatoms. The number of ether oxygens (including phenoxy) is 2. The number of esters is 1. The maximum Gasteiger partial charge on any atom is 0.396 e. The molecule has 1 aliphatic rings. The van der Waals surface area contributed by atoms with Crippen LogP contribution in [0.3, 0.4) is 0 Å². The van der Waals surface area contributed by atoms with Gasteiger partial charge in [0.05, 0.1) is 23.1 Å². The fourth-order valence-electron chi connectivity index (χ4n) is 3.78. The van der Waals surface area contributed by atoms with E-state index in [-0.39, 0.29) is 30.4 Å². The Labute approximate surface area is 229 Å². The maximum atomic E-state index is 13.2. The van der Waals surface area contributed by atoms with E-state index in [9.17, 15) is 18.8 Å². The first-order valence-electron chi connectivity index (χ1n) is 11.2. The van der Waals surface area contributed by atoms with Gasteiger partial charge in [-0.3, -0.25) is 14.5 Å². The van der Waals surface area contributed by atoms with Crippen molar-refractivity contribution in [1.82, 2.24) is 4.90 Å². The summed E-state index contributed by atoms with van der Waals surface area (Å²) in [4.78, 5) is 38.7. The number of thioether (sulfide) groups is 1. The van der Waals surface area contributed by atoms with Crippen molar-refractivity contribution in [2.24, 2.45) is 0 Å². The summed E-state index contributed by atoms with van der Waals surface area (Å²) in [5.74, 6) is -0.360. The number of fused-ring (bicyclic) bond motifs is 1. The van der Waals surface area contributed by atoms with Crippen LogP contribution in [-0.2, 0) is 9.59 Å². The first-order valence-corrected chi connectivity index (χ1v) is 13.3. The Morgan fingerprint density at radius 2 is 1.82 bits per heavy atom. The largest absolute Gasteiger partial charge is 0.497 e. The van der Waals surface area contributed by atoms with Crippen LogP contribution in [0.5, 0.6) is 11.5 Å². The van der Waals surface area contributed by atoms with E-state index in [0.717, 1.165) is 28.7 Å². The molecule has 192 valence electrons. The van der Waals surface area contributed by atoms with Gasteiger partial charge in [-0.2, -0.15) is 0 Å². The average Bonchev–Trinajstić information content (AvgIpc) is 3.41. The van der Waals surface area contributed by atoms with Crippen molar-refractivity contribution in [2.45, 2.75) is 6.42 Å². The van der Waals surface area contributed by atoms with Crippen LogP contribution in [0.15, 0.2) is 74.8 Å². The zero-order valence-electron chi connectivity index (χ0n) is 19.8. The van der Waals surface area contributed by atoms with Gasteiger partial charge in [-0.1, -0.05) is 59.6 Å². The summed E-state index contributed by atoms with van der Waals surface area (Å²) in [6, 6.07) is 16.1. The molecule has 4 aromatic rings. The van der Waals surface area contributed by atoms with Gasteiger partial charge in [0.1, 0.15) is 21.6 Å². The Bertz CT molecular complexity index is 1640. The smallest absolute Gasteiger partial charge is 0.396 e. The fourth-order valence-corrected chi connectivity index (χ4v) is 5.82. The number of carbonyl (C=O) groups excluding carboxylic acids is 2. The first kappa shape index (κ1) is 25.8. The van der Waals surface area contributed by atoms with Gasteiger partial charge in [-0.05, 0) is 47.5 Å². The minimum Gasteiger partial charge on any atom is -0.497 e. The van der Waals surface area contributed by atoms with Gasteiger partial charge in [0.25, 0.3) is 5.91 Å². The predicted octanol–water partition coefficient (Wildman–Crippen LogP) is 5.87. The zero-order chi connectivity index (χ0) is 26.8. The Morgan fingerprint density at radius 3 is 2.53 bits per heavy atom. The summed E-state index contributed by atoms with van der Waals surface area (Å²) in [7, 11) is 1.56. The molecule has 38 heavy (non-hydrogen) atoms. The predicted molar refractivity (Wildman–Crippen MR) is 149 cm³/mol. The number of hydrogen-bond donors (Lipinski definition) is 0. The highest BCUT2D eigenvalue weighted by Gasteiger charge is 2.32. The summed E-state index contributed by atoms with van der Waals surface area (Å²) in [6.07, 6.45) is 1.52. The summed E-state index contributed by atoms with van der Waals surface area (Å²) < 4.78 is 30.2. The number of hydrogen-bond acceptors (Lipinski definition) is 9. The van der Waals surface area contributed by atoms with Crippen molar-refractivity contribution in [1.29, 1.82) is 0 Å². The van der Waals surface area contributed by atoms with Gasteiger partial charge in [0.15, 0.2) is 5.58 Å². The molecule has 0 atom stereocenters. The molecule has 5 rings (SSSR count). The van der Waals surface area contributed by atoms with E-state index in [1.165, 1.54) is 17.0 Å². The van der Waals surface area contributed by atoms with Crippen LogP contribution in [0.2, 0.25) is 0 Å². The van der Waals surface area contributed by atoms with Crippen LogP contribution in [-0.4, -0.2) is 34.8 Å². The van der Waals surface area contributed by atoms with Gasteiger partial charge in [0, 0.05) is 18.2 Å². The Kier molecular flexibility index (Phi) is 7.41. The molecule has 1 aliphatic heterocycles. The lowest BCUT2D eigenvalue weighted by atomic mass is 10.0. The highest BCUT2D eigenvalue weighted by atomic mass is 32.2. The second-order valence-electron chi connectivity index (χ2n) is 8.09. The van der Waals surface area contributed by atoms with E-state index >= 15 is 0 Å².